The minimum absolute atomic E-state index is 0.247. The van der Waals surface area contributed by atoms with E-state index in [1.807, 2.05) is 0 Å². The van der Waals surface area contributed by atoms with E-state index >= 15 is 0 Å². The molecular weight excluding hydrogens is 220 g/mol. The van der Waals surface area contributed by atoms with Gasteiger partial charge in [-0.15, -0.1) is 0 Å². The highest BCUT2D eigenvalue weighted by Gasteiger charge is 2.19. The van der Waals surface area contributed by atoms with Gasteiger partial charge in [-0.2, -0.15) is 0 Å². The molecular formula is C16H26N2. The number of piperazine rings is 1. The lowest BCUT2D eigenvalue weighted by atomic mass is 9.86. The molecule has 1 saturated heterocycles. The molecule has 1 heterocycles. The summed E-state index contributed by atoms with van der Waals surface area (Å²) in [7, 11) is 0. The second kappa shape index (κ2) is 5.41. The van der Waals surface area contributed by atoms with E-state index in [1.165, 1.54) is 11.1 Å². The monoisotopic (exact) mass is 246 g/mol. The summed E-state index contributed by atoms with van der Waals surface area (Å²) in [4.78, 5) is 2.56. The van der Waals surface area contributed by atoms with Crippen LogP contribution < -0.4 is 5.32 Å². The third-order valence-corrected chi connectivity index (χ3v) is 3.96. The van der Waals surface area contributed by atoms with Gasteiger partial charge in [0, 0.05) is 32.2 Å². The smallest absolute Gasteiger partial charge is 0.0320 e. The maximum atomic E-state index is 3.41. The first kappa shape index (κ1) is 13.6. The zero-order valence-electron chi connectivity index (χ0n) is 12.2. The third kappa shape index (κ3) is 3.12. The van der Waals surface area contributed by atoms with Crippen molar-refractivity contribution in [1.82, 2.24) is 10.2 Å². The molecule has 0 saturated carbocycles. The summed E-state index contributed by atoms with van der Waals surface area (Å²) in [6.07, 6.45) is 0. The van der Waals surface area contributed by atoms with Crippen LogP contribution >= 0.6 is 0 Å². The quantitative estimate of drug-likeness (QED) is 0.863. The molecule has 0 aromatic heterocycles. The number of nitrogens with zero attached hydrogens (tertiary/aromatic N) is 1. The molecule has 1 N–H and O–H groups in total. The lowest BCUT2D eigenvalue weighted by Crippen LogP contribution is -2.44. The van der Waals surface area contributed by atoms with E-state index in [1.54, 1.807) is 0 Å². The van der Waals surface area contributed by atoms with E-state index in [0.29, 0.717) is 6.04 Å². The number of rotatable bonds is 2. The van der Waals surface area contributed by atoms with Gasteiger partial charge in [-0.1, -0.05) is 45.0 Å². The van der Waals surface area contributed by atoms with Crippen LogP contribution in [0.5, 0.6) is 0 Å². The summed E-state index contributed by atoms with van der Waals surface area (Å²) in [5, 5.41) is 3.41. The van der Waals surface area contributed by atoms with Crippen LogP contribution in [0.15, 0.2) is 24.3 Å². The van der Waals surface area contributed by atoms with Crippen LogP contribution in [0.3, 0.4) is 0 Å². The highest BCUT2D eigenvalue weighted by Crippen LogP contribution is 2.26. The van der Waals surface area contributed by atoms with Crippen molar-refractivity contribution in [2.75, 3.05) is 26.2 Å². The second-order valence-electron chi connectivity index (χ2n) is 6.33. The zero-order chi connectivity index (χ0) is 13.2. The van der Waals surface area contributed by atoms with Gasteiger partial charge in [0.25, 0.3) is 0 Å². The van der Waals surface area contributed by atoms with Gasteiger partial charge in [0.05, 0.1) is 0 Å². The highest BCUT2D eigenvalue weighted by molar-refractivity contribution is 5.29. The first-order valence-electron chi connectivity index (χ1n) is 7.04. The van der Waals surface area contributed by atoms with E-state index in [4.69, 9.17) is 0 Å². The number of hydrogen-bond donors (Lipinski definition) is 1. The third-order valence-electron chi connectivity index (χ3n) is 3.96. The van der Waals surface area contributed by atoms with Crippen LogP contribution in [0, 0.1) is 0 Å². The SMILES string of the molecule is C[C@@H](c1ccc(C(C)(C)C)cc1)N1CCNCC1. The molecule has 1 aromatic carbocycles. The Labute approximate surface area is 111 Å². The molecule has 1 atom stereocenters. The summed E-state index contributed by atoms with van der Waals surface area (Å²) >= 11 is 0. The minimum atomic E-state index is 0.247. The summed E-state index contributed by atoms with van der Waals surface area (Å²) in [5.41, 5.74) is 3.10. The molecule has 1 aromatic rings. The summed E-state index contributed by atoms with van der Waals surface area (Å²) in [6.45, 7) is 13.7. The summed E-state index contributed by atoms with van der Waals surface area (Å²) in [5.74, 6) is 0. The predicted molar refractivity (Wildman–Crippen MR) is 78.0 cm³/mol. The van der Waals surface area contributed by atoms with Crippen LogP contribution in [-0.2, 0) is 5.41 Å². The molecule has 0 unspecified atom stereocenters. The topological polar surface area (TPSA) is 15.3 Å². The summed E-state index contributed by atoms with van der Waals surface area (Å²) in [6, 6.07) is 9.70. The molecule has 1 fully saturated rings. The van der Waals surface area contributed by atoms with E-state index in [-0.39, 0.29) is 5.41 Å². The van der Waals surface area contributed by atoms with Crippen molar-refractivity contribution in [2.45, 2.75) is 39.2 Å². The van der Waals surface area contributed by atoms with E-state index in [2.05, 4.69) is 62.2 Å². The normalized spacial score (nSPS) is 19.8. The molecule has 1 aliphatic rings. The Morgan fingerprint density at radius 2 is 1.61 bits per heavy atom. The van der Waals surface area contributed by atoms with Crippen LogP contribution in [-0.4, -0.2) is 31.1 Å². The van der Waals surface area contributed by atoms with Gasteiger partial charge in [0.15, 0.2) is 0 Å². The van der Waals surface area contributed by atoms with Gasteiger partial charge in [-0.25, -0.2) is 0 Å². The average molecular weight is 246 g/mol. The Morgan fingerprint density at radius 1 is 1.06 bits per heavy atom. The van der Waals surface area contributed by atoms with Gasteiger partial charge in [0.1, 0.15) is 0 Å². The average Bonchev–Trinajstić information content (AvgIpc) is 2.38. The molecule has 0 bridgehead atoms. The summed E-state index contributed by atoms with van der Waals surface area (Å²) < 4.78 is 0. The van der Waals surface area contributed by atoms with Crippen molar-refractivity contribution in [3.8, 4) is 0 Å². The fourth-order valence-corrected chi connectivity index (χ4v) is 2.54. The molecule has 0 aliphatic carbocycles. The molecule has 18 heavy (non-hydrogen) atoms. The van der Waals surface area contributed by atoms with Crippen molar-refractivity contribution in [1.29, 1.82) is 0 Å². The van der Waals surface area contributed by atoms with Gasteiger partial charge in [-0.05, 0) is 23.5 Å². The van der Waals surface area contributed by atoms with Gasteiger partial charge in [0.2, 0.25) is 0 Å². The standard InChI is InChI=1S/C16H26N2/c1-13(18-11-9-17-10-12-18)14-5-7-15(8-6-14)16(2,3)4/h5-8,13,17H,9-12H2,1-4H3/t13-/m0/s1. The van der Waals surface area contributed by atoms with Gasteiger partial charge in [-0.3, -0.25) is 4.90 Å². The first-order chi connectivity index (χ1) is 8.48. The van der Waals surface area contributed by atoms with Crippen LogP contribution in [0.1, 0.15) is 44.9 Å². The van der Waals surface area contributed by atoms with Crippen molar-refractivity contribution >= 4 is 0 Å². The lowest BCUT2D eigenvalue weighted by molar-refractivity contribution is 0.185. The Bertz CT molecular complexity index is 369. The number of benzene rings is 1. The van der Waals surface area contributed by atoms with Crippen LogP contribution in [0.4, 0.5) is 0 Å². The second-order valence-corrected chi connectivity index (χ2v) is 6.33. The van der Waals surface area contributed by atoms with Gasteiger partial charge < -0.3 is 5.32 Å². The largest absolute Gasteiger partial charge is 0.314 e. The highest BCUT2D eigenvalue weighted by atomic mass is 15.2. The molecule has 0 amide bonds. The maximum Gasteiger partial charge on any atom is 0.0320 e. The van der Waals surface area contributed by atoms with E-state index in [9.17, 15) is 0 Å². The molecule has 100 valence electrons. The first-order valence-corrected chi connectivity index (χ1v) is 7.04. The molecule has 0 radical (unpaired) electrons. The Hall–Kier alpha value is -0.860. The number of nitrogens with one attached hydrogen (secondary N) is 1. The fourth-order valence-electron chi connectivity index (χ4n) is 2.54. The number of hydrogen-bond acceptors (Lipinski definition) is 2. The minimum Gasteiger partial charge on any atom is -0.314 e. The van der Waals surface area contributed by atoms with Crippen molar-refractivity contribution in [2.24, 2.45) is 0 Å². The van der Waals surface area contributed by atoms with Crippen LogP contribution in [0.25, 0.3) is 0 Å². The predicted octanol–water partition coefficient (Wildman–Crippen LogP) is 2.95. The van der Waals surface area contributed by atoms with Crippen molar-refractivity contribution in [3.63, 3.8) is 0 Å². The Balaban J connectivity index is 2.09. The van der Waals surface area contributed by atoms with Crippen LogP contribution in [0.2, 0.25) is 0 Å². The Morgan fingerprint density at radius 3 is 2.11 bits per heavy atom. The van der Waals surface area contributed by atoms with Gasteiger partial charge >= 0.3 is 0 Å². The zero-order valence-corrected chi connectivity index (χ0v) is 12.2. The van der Waals surface area contributed by atoms with Crippen molar-refractivity contribution < 1.29 is 0 Å². The molecule has 2 heteroatoms. The fraction of sp³-hybridized carbons (Fsp3) is 0.625. The van der Waals surface area contributed by atoms with Crippen molar-refractivity contribution in [3.05, 3.63) is 35.4 Å². The molecule has 0 spiro atoms. The maximum absolute atomic E-state index is 3.41. The molecule has 2 rings (SSSR count). The lowest BCUT2D eigenvalue weighted by Gasteiger charge is -2.33. The Kier molecular flexibility index (Phi) is 4.08. The molecule has 2 nitrogen and oxygen atoms in total. The van der Waals surface area contributed by atoms with E-state index < -0.39 is 0 Å². The molecule has 1 aliphatic heterocycles. The van der Waals surface area contributed by atoms with E-state index in [0.717, 1.165) is 26.2 Å².